The molecule has 3 aromatic carbocycles. The molecule has 178 valence electrons. The quantitative estimate of drug-likeness (QED) is 0.412. The number of hydrogen-bond donors (Lipinski definition) is 1. The summed E-state index contributed by atoms with van der Waals surface area (Å²) in [7, 11) is 0. The molecule has 1 unspecified atom stereocenters. The van der Waals surface area contributed by atoms with Crippen molar-refractivity contribution in [1.82, 2.24) is 4.90 Å². The highest BCUT2D eigenvalue weighted by Crippen LogP contribution is 2.32. The van der Waals surface area contributed by atoms with Crippen molar-refractivity contribution < 1.29 is 23.1 Å². The van der Waals surface area contributed by atoms with Crippen molar-refractivity contribution in [3.05, 3.63) is 106 Å². The largest absolute Gasteiger partial charge is 0.384 e. The highest BCUT2D eigenvalue weighted by Gasteiger charge is 2.23. The summed E-state index contributed by atoms with van der Waals surface area (Å²) in [5.74, 6) is -0.955. The molecule has 0 bridgehead atoms. The molecule has 6 heteroatoms. The second-order valence-corrected chi connectivity index (χ2v) is 8.88. The maximum absolute atomic E-state index is 14.5. The van der Waals surface area contributed by atoms with E-state index in [2.05, 4.69) is 4.90 Å². The van der Waals surface area contributed by atoms with E-state index in [1.807, 2.05) is 0 Å². The number of aliphatic hydroxyl groups is 1. The predicted molar refractivity (Wildman–Crippen MR) is 125 cm³/mol. The van der Waals surface area contributed by atoms with Crippen molar-refractivity contribution in [1.29, 1.82) is 0 Å². The molecule has 1 saturated heterocycles. The molecule has 3 nitrogen and oxygen atoms in total. The van der Waals surface area contributed by atoms with Gasteiger partial charge in [-0.1, -0.05) is 18.2 Å². The Hall–Kier alpha value is -2.96. The summed E-state index contributed by atoms with van der Waals surface area (Å²) in [6.07, 6.45) is 1.83. The van der Waals surface area contributed by atoms with Gasteiger partial charge in [0.25, 0.3) is 0 Å². The van der Waals surface area contributed by atoms with Crippen LogP contribution in [0.15, 0.2) is 66.7 Å². The Balaban J connectivity index is 1.30. The highest BCUT2D eigenvalue weighted by atomic mass is 19.1. The molecule has 1 heterocycles. The lowest BCUT2D eigenvalue weighted by atomic mass is 9.87. The van der Waals surface area contributed by atoms with Crippen LogP contribution in [-0.4, -0.2) is 35.4 Å². The van der Waals surface area contributed by atoms with Gasteiger partial charge in [0.15, 0.2) is 5.78 Å². The first-order valence-corrected chi connectivity index (χ1v) is 11.6. The van der Waals surface area contributed by atoms with E-state index >= 15 is 0 Å². The zero-order chi connectivity index (χ0) is 24.1. The number of carbonyl (C=O) groups excluding carboxylic acids is 1. The molecular formula is C28H28F3NO2. The van der Waals surface area contributed by atoms with Crippen LogP contribution in [-0.2, 0) is 0 Å². The summed E-state index contributed by atoms with van der Waals surface area (Å²) in [5, 5.41) is 10.6. The molecule has 1 aliphatic rings. The molecule has 0 saturated carbocycles. The van der Waals surface area contributed by atoms with Gasteiger partial charge in [0.1, 0.15) is 23.6 Å². The molecule has 1 N–H and O–H groups in total. The van der Waals surface area contributed by atoms with Gasteiger partial charge in [-0.3, -0.25) is 4.79 Å². The number of rotatable bonds is 8. The lowest BCUT2D eigenvalue weighted by Crippen LogP contribution is -2.34. The fourth-order valence-electron chi connectivity index (χ4n) is 4.58. The number of hydrogen-bond acceptors (Lipinski definition) is 3. The third-order valence-corrected chi connectivity index (χ3v) is 6.60. The van der Waals surface area contributed by atoms with Crippen LogP contribution in [0, 0.1) is 17.5 Å². The van der Waals surface area contributed by atoms with Crippen LogP contribution in [0.4, 0.5) is 13.2 Å². The molecule has 0 radical (unpaired) electrons. The van der Waals surface area contributed by atoms with E-state index in [4.69, 9.17) is 0 Å². The number of carbonyl (C=O) groups is 1. The second kappa shape index (κ2) is 11.0. The zero-order valence-corrected chi connectivity index (χ0v) is 18.9. The maximum atomic E-state index is 14.5. The Bertz CT molecular complexity index is 1110. The minimum atomic E-state index is -1.15. The van der Waals surface area contributed by atoms with E-state index in [9.17, 15) is 23.1 Å². The van der Waals surface area contributed by atoms with Crippen molar-refractivity contribution in [3.8, 4) is 0 Å². The predicted octanol–water partition coefficient (Wildman–Crippen LogP) is 6.03. The van der Waals surface area contributed by atoms with Crippen molar-refractivity contribution in [2.45, 2.75) is 37.7 Å². The van der Waals surface area contributed by atoms with Gasteiger partial charge in [-0.25, -0.2) is 13.2 Å². The molecule has 1 atom stereocenters. The number of aliphatic hydroxyl groups excluding tert-OH is 1. The Morgan fingerprint density at radius 1 is 0.912 bits per heavy atom. The summed E-state index contributed by atoms with van der Waals surface area (Å²) in [4.78, 5) is 14.6. The molecule has 0 amide bonds. The normalized spacial score (nSPS) is 15.9. The van der Waals surface area contributed by atoms with Crippen LogP contribution in [0.2, 0.25) is 0 Å². The molecule has 3 aromatic rings. The molecule has 0 spiro atoms. The van der Waals surface area contributed by atoms with Gasteiger partial charge in [0.2, 0.25) is 0 Å². The standard InChI is InChI=1S/C28H28F3NO2/c29-23-8-3-20(4-9-23)27(33)2-1-15-32-16-13-19(14-17-32)22-7-12-26(31)25(18-22)28(34)21-5-10-24(30)11-6-21/h3-12,18-19,28,34H,1-2,13-17H2. The van der Waals surface area contributed by atoms with E-state index in [1.54, 1.807) is 12.1 Å². The van der Waals surface area contributed by atoms with Gasteiger partial charge in [0, 0.05) is 17.5 Å². The number of ketones is 1. The van der Waals surface area contributed by atoms with Crippen LogP contribution in [0.3, 0.4) is 0 Å². The van der Waals surface area contributed by atoms with Crippen molar-refractivity contribution in [2.24, 2.45) is 0 Å². The van der Waals surface area contributed by atoms with Gasteiger partial charge < -0.3 is 10.0 Å². The van der Waals surface area contributed by atoms with Crippen LogP contribution >= 0.6 is 0 Å². The first-order chi connectivity index (χ1) is 16.4. The summed E-state index contributed by atoms with van der Waals surface area (Å²) < 4.78 is 40.7. The molecule has 0 aromatic heterocycles. The van der Waals surface area contributed by atoms with Gasteiger partial charge in [-0.15, -0.1) is 0 Å². The Kier molecular flexibility index (Phi) is 7.80. The molecule has 0 aliphatic carbocycles. The molecule has 34 heavy (non-hydrogen) atoms. The third-order valence-electron chi connectivity index (χ3n) is 6.60. The monoisotopic (exact) mass is 467 g/mol. The molecule has 1 fully saturated rings. The SMILES string of the molecule is O=C(CCCN1CCC(c2ccc(F)c(C(O)c3ccc(F)cc3)c2)CC1)c1ccc(F)cc1. The van der Waals surface area contributed by atoms with E-state index in [1.165, 1.54) is 54.6 Å². The fourth-order valence-corrected chi connectivity index (χ4v) is 4.58. The van der Waals surface area contributed by atoms with Gasteiger partial charge in [0.05, 0.1) is 0 Å². The van der Waals surface area contributed by atoms with Crippen molar-refractivity contribution in [2.75, 3.05) is 19.6 Å². The molecule has 1 aliphatic heterocycles. The van der Waals surface area contributed by atoms with E-state index in [-0.39, 0.29) is 23.1 Å². The zero-order valence-electron chi connectivity index (χ0n) is 18.9. The number of Topliss-reactive ketones (excluding diaryl/α,β-unsaturated/α-hetero) is 1. The molecule has 4 rings (SSSR count). The lowest BCUT2D eigenvalue weighted by molar-refractivity contribution is 0.0972. The first-order valence-electron chi connectivity index (χ1n) is 11.6. The van der Waals surface area contributed by atoms with E-state index in [0.717, 1.165) is 44.5 Å². The number of likely N-dealkylation sites (tertiary alicyclic amines) is 1. The van der Waals surface area contributed by atoms with Crippen molar-refractivity contribution >= 4 is 5.78 Å². The first kappa shape index (κ1) is 24.2. The number of piperidine rings is 1. The Labute approximate surface area is 197 Å². The van der Waals surface area contributed by atoms with Crippen molar-refractivity contribution in [3.63, 3.8) is 0 Å². The minimum Gasteiger partial charge on any atom is -0.384 e. The number of benzene rings is 3. The van der Waals surface area contributed by atoms with E-state index in [0.29, 0.717) is 17.5 Å². The summed E-state index contributed by atoms with van der Waals surface area (Å²) >= 11 is 0. The smallest absolute Gasteiger partial charge is 0.162 e. The summed E-state index contributed by atoms with van der Waals surface area (Å²) in [6, 6.07) is 16.0. The van der Waals surface area contributed by atoms with Gasteiger partial charge >= 0.3 is 0 Å². The maximum Gasteiger partial charge on any atom is 0.162 e. The van der Waals surface area contributed by atoms with E-state index < -0.39 is 17.7 Å². The van der Waals surface area contributed by atoms with Crippen LogP contribution in [0.5, 0.6) is 0 Å². The van der Waals surface area contributed by atoms with Crippen LogP contribution in [0.1, 0.15) is 64.8 Å². The third kappa shape index (κ3) is 5.93. The van der Waals surface area contributed by atoms with Gasteiger partial charge in [-0.2, -0.15) is 0 Å². The second-order valence-electron chi connectivity index (χ2n) is 8.88. The average molecular weight is 468 g/mol. The average Bonchev–Trinajstić information content (AvgIpc) is 2.85. The lowest BCUT2D eigenvalue weighted by Gasteiger charge is -2.32. The fraction of sp³-hybridized carbons (Fsp3) is 0.321. The minimum absolute atomic E-state index is 0.0217. The molecular weight excluding hydrogens is 439 g/mol. The number of nitrogens with zero attached hydrogens (tertiary/aromatic N) is 1. The number of halogens is 3. The van der Waals surface area contributed by atoms with Crippen LogP contribution in [0.25, 0.3) is 0 Å². The Morgan fingerprint density at radius 2 is 1.53 bits per heavy atom. The Morgan fingerprint density at radius 3 is 2.18 bits per heavy atom. The highest BCUT2D eigenvalue weighted by molar-refractivity contribution is 5.95. The summed E-state index contributed by atoms with van der Waals surface area (Å²) in [5.41, 5.74) is 2.17. The summed E-state index contributed by atoms with van der Waals surface area (Å²) in [6.45, 7) is 2.57. The van der Waals surface area contributed by atoms with Crippen LogP contribution < -0.4 is 0 Å². The van der Waals surface area contributed by atoms with Gasteiger partial charge in [-0.05, 0) is 104 Å². The topological polar surface area (TPSA) is 40.5 Å².